The van der Waals surface area contributed by atoms with Gasteiger partial charge in [0.2, 0.25) is 0 Å². The molecule has 2 rings (SSSR count). The van der Waals surface area contributed by atoms with E-state index in [2.05, 4.69) is 9.97 Å². The monoisotopic (exact) mass is 322 g/mol. The molecule has 0 aliphatic heterocycles. The summed E-state index contributed by atoms with van der Waals surface area (Å²) in [6.07, 6.45) is -1.84. The lowest BCUT2D eigenvalue weighted by Crippen LogP contribution is -1.99. The van der Waals surface area contributed by atoms with Crippen molar-refractivity contribution in [2.24, 2.45) is 0 Å². The number of hydrogen-bond donors (Lipinski definition) is 0. The van der Waals surface area contributed by atoms with Gasteiger partial charge < -0.3 is 4.74 Å². The molecule has 2 aromatic rings. The summed E-state index contributed by atoms with van der Waals surface area (Å²) < 4.78 is 44.0. The second-order valence-electron chi connectivity index (χ2n) is 3.67. The molecular formula is C12H7Cl2F3N2O. The van der Waals surface area contributed by atoms with Gasteiger partial charge in [-0.1, -0.05) is 23.2 Å². The molecule has 0 aliphatic carbocycles. The van der Waals surface area contributed by atoms with Crippen LogP contribution in [0.5, 0.6) is 5.75 Å². The Hall–Kier alpha value is -1.53. The Morgan fingerprint density at radius 3 is 2.50 bits per heavy atom. The zero-order valence-corrected chi connectivity index (χ0v) is 11.5. The van der Waals surface area contributed by atoms with Crippen LogP contribution in [0, 0.1) is 5.82 Å². The average Bonchev–Trinajstić information content (AvgIpc) is 2.38. The maximum absolute atomic E-state index is 14.1. The van der Waals surface area contributed by atoms with E-state index in [1.165, 1.54) is 19.2 Å². The second-order valence-corrected chi connectivity index (χ2v) is 4.44. The average molecular weight is 323 g/mol. The van der Waals surface area contributed by atoms with Crippen LogP contribution in [0.15, 0.2) is 18.3 Å². The van der Waals surface area contributed by atoms with Crippen molar-refractivity contribution >= 4 is 23.2 Å². The van der Waals surface area contributed by atoms with E-state index in [1.807, 2.05) is 0 Å². The summed E-state index contributed by atoms with van der Waals surface area (Å²) in [5, 5.41) is -0.400. The van der Waals surface area contributed by atoms with Crippen LogP contribution < -0.4 is 4.74 Å². The molecule has 0 unspecified atom stereocenters. The smallest absolute Gasteiger partial charge is 0.283 e. The summed E-state index contributed by atoms with van der Waals surface area (Å²) in [5.41, 5.74) is -0.648. The highest BCUT2D eigenvalue weighted by molar-refractivity contribution is 6.32. The van der Waals surface area contributed by atoms with Gasteiger partial charge in [0.15, 0.2) is 16.7 Å². The van der Waals surface area contributed by atoms with Crippen LogP contribution in [0.3, 0.4) is 0 Å². The molecule has 0 radical (unpaired) electrons. The summed E-state index contributed by atoms with van der Waals surface area (Å²) in [6.45, 7) is 0. The molecule has 3 nitrogen and oxygen atoms in total. The van der Waals surface area contributed by atoms with Gasteiger partial charge in [-0.2, -0.15) is 0 Å². The van der Waals surface area contributed by atoms with Crippen molar-refractivity contribution in [1.82, 2.24) is 9.97 Å². The Bertz CT molecular complexity index is 653. The SMILES string of the molecule is COc1c(Cl)ccc(-c2cnc(C(F)F)c(Cl)n2)c1F. The highest BCUT2D eigenvalue weighted by Gasteiger charge is 2.19. The number of hydrogen-bond acceptors (Lipinski definition) is 3. The fourth-order valence-electron chi connectivity index (χ4n) is 1.57. The van der Waals surface area contributed by atoms with Crippen molar-refractivity contribution in [2.75, 3.05) is 7.11 Å². The normalized spacial score (nSPS) is 10.9. The molecule has 106 valence electrons. The molecule has 20 heavy (non-hydrogen) atoms. The van der Waals surface area contributed by atoms with Crippen molar-refractivity contribution in [2.45, 2.75) is 6.43 Å². The molecule has 1 aromatic heterocycles. The Kier molecular flexibility index (Phi) is 4.35. The molecule has 8 heteroatoms. The number of benzene rings is 1. The molecule has 0 saturated carbocycles. The quantitative estimate of drug-likeness (QED) is 0.832. The van der Waals surface area contributed by atoms with E-state index in [1.54, 1.807) is 0 Å². The minimum absolute atomic E-state index is 0.00136. The van der Waals surface area contributed by atoms with Crippen LogP contribution >= 0.6 is 23.2 Å². The highest BCUT2D eigenvalue weighted by Crippen LogP contribution is 2.35. The van der Waals surface area contributed by atoms with Gasteiger partial charge in [-0.25, -0.2) is 23.1 Å². The van der Waals surface area contributed by atoms with Crippen molar-refractivity contribution < 1.29 is 17.9 Å². The molecule has 0 bridgehead atoms. The lowest BCUT2D eigenvalue weighted by molar-refractivity contribution is 0.146. The van der Waals surface area contributed by atoms with Crippen molar-refractivity contribution in [3.8, 4) is 17.0 Å². The standard InChI is InChI=1S/C12H7Cl2F3N2O/c1-20-10-6(13)3-2-5(8(10)15)7-4-18-9(12(16)17)11(14)19-7/h2-4,12H,1H3. The molecule has 0 aliphatic rings. The maximum atomic E-state index is 14.1. The number of halogens is 5. The molecule has 0 amide bonds. The number of alkyl halides is 2. The number of methoxy groups -OCH3 is 1. The maximum Gasteiger partial charge on any atom is 0.283 e. The van der Waals surface area contributed by atoms with Crippen LogP contribution in [0.4, 0.5) is 13.2 Å². The van der Waals surface area contributed by atoms with E-state index >= 15 is 0 Å². The molecule has 1 aromatic carbocycles. The first-order valence-electron chi connectivity index (χ1n) is 5.28. The van der Waals surface area contributed by atoms with Gasteiger partial charge in [0.1, 0.15) is 5.69 Å². The van der Waals surface area contributed by atoms with Gasteiger partial charge >= 0.3 is 0 Å². The predicted octanol–water partition coefficient (Wildman–Crippen LogP) is 4.54. The number of rotatable bonds is 3. The van der Waals surface area contributed by atoms with Gasteiger partial charge in [0.25, 0.3) is 6.43 Å². The van der Waals surface area contributed by atoms with Crippen molar-refractivity contribution in [3.05, 3.63) is 40.0 Å². The van der Waals surface area contributed by atoms with Gasteiger partial charge in [-0.15, -0.1) is 0 Å². The lowest BCUT2D eigenvalue weighted by atomic mass is 10.1. The first kappa shape index (κ1) is 14.9. The molecule has 0 saturated heterocycles. The van der Waals surface area contributed by atoms with E-state index in [4.69, 9.17) is 27.9 Å². The predicted molar refractivity (Wildman–Crippen MR) is 69.0 cm³/mol. The zero-order chi connectivity index (χ0) is 14.9. The highest BCUT2D eigenvalue weighted by atomic mass is 35.5. The van der Waals surface area contributed by atoms with Gasteiger partial charge in [0.05, 0.1) is 24.0 Å². The number of aromatic nitrogens is 2. The largest absolute Gasteiger partial charge is 0.492 e. The number of ether oxygens (including phenoxy) is 1. The first-order chi connectivity index (χ1) is 9.45. The number of nitrogens with zero attached hydrogens (tertiary/aromatic N) is 2. The van der Waals surface area contributed by atoms with Crippen LogP contribution in [-0.4, -0.2) is 17.1 Å². The van der Waals surface area contributed by atoms with Crippen LogP contribution in [0.2, 0.25) is 10.2 Å². The van der Waals surface area contributed by atoms with Crippen molar-refractivity contribution in [1.29, 1.82) is 0 Å². The van der Waals surface area contributed by atoms with Gasteiger partial charge in [-0.05, 0) is 12.1 Å². The van der Waals surface area contributed by atoms with Crippen LogP contribution in [0.1, 0.15) is 12.1 Å². The fourth-order valence-corrected chi connectivity index (χ4v) is 2.01. The summed E-state index contributed by atoms with van der Waals surface area (Å²) in [5.74, 6) is -0.935. The Labute approximate surface area is 122 Å². The summed E-state index contributed by atoms with van der Waals surface area (Å²) in [4.78, 5) is 7.20. The topological polar surface area (TPSA) is 35.0 Å². The van der Waals surface area contributed by atoms with Gasteiger partial charge in [-0.3, -0.25) is 0 Å². The van der Waals surface area contributed by atoms with E-state index < -0.39 is 23.1 Å². The Balaban J connectivity index is 2.55. The Morgan fingerprint density at radius 2 is 1.95 bits per heavy atom. The van der Waals surface area contributed by atoms with E-state index in [9.17, 15) is 13.2 Å². The molecule has 1 heterocycles. The minimum Gasteiger partial charge on any atom is -0.492 e. The van der Waals surface area contributed by atoms with Crippen molar-refractivity contribution in [3.63, 3.8) is 0 Å². The zero-order valence-electron chi connectivity index (χ0n) is 10.0. The first-order valence-corrected chi connectivity index (χ1v) is 6.04. The van der Waals surface area contributed by atoms with E-state index in [-0.39, 0.29) is 22.0 Å². The van der Waals surface area contributed by atoms with E-state index in [0.717, 1.165) is 6.20 Å². The summed E-state index contributed by atoms with van der Waals surface area (Å²) >= 11 is 11.4. The van der Waals surface area contributed by atoms with E-state index in [0.29, 0.717) is 0 Å². The molecule has 0 atom stereocenters. The third-order valence-corrected chi connectivity index (χ3v) is 3.07. The van der Waals surface area contributed by atoms with Gasteiger partial charge in [0, 0.05) is 5.56 Å². The summed E-state index contributed by atoms with van der Waals surface area (Å²) in [6, 6.07) is 2.73. The third kappa shape index (κ3) is 2.66. The second kappa shape index (κ2) is 5.85. The molecular weight excluding hydrogens is 316 g/mol. The lowest BCUT2D eigenvalue weighted by Gasteiger charge is -2.09. The summed E-state index contributed by atoms with van der Waals surface area (Å²) in [7, 11) is 1.26. The minimum atomic E-state index is -2.85. The fraction of sp³-hybridized carbons (Fsp3) is 0.167. The molecule has 0 N–H and O–H groups in total. The van der Waals surface area contributed by atoms with Crippen LogP contribution in [-0.2, 0) is 0 Å². The van der Waals surface area contributed by atoms with Crippen LogP contribution in [0.25, 0.3) is 11.3 Å². The third-order valence-electron chi connectivity index (χ3n) is 2.49. The molecule has 0 fully saturated rings. The Morgan fingerprint density at radius 1 is 1.25 bits per heavy atom. The molecule has 0 spiro atoms.